The number of carbonyl (C=O) groups is 3. The number of ether oxygens (including phenoxy) is 5. The number of nitrogen functional groups attached to an aromatic ring is 1. The lowest BCUT2D eigenvalue weighted by molar-refractivity contribution is -0.295. The number of aliphatic hydroxyl groups excluding tert-OH is 1. The fraction of sp³-hybridized carbons (Fsp3) is 0.756. The molecule has 13 atom stereocenters. The van der Waals surface area contributed by atoms with Crippen LogP contribution in [0.4, 0.5) is 10.5 Å². The zero-order valence-corrected chi connectivity index (χ0v) is 37.9. The quantitative estimate of drug-likeness (QED) is 0.115. The molecule has 340 valence electrons. The van der Waals surface area contributed by atoms with Crippen LogP contribution in [0.15, 0.2) is 30.5 Å². The maximum atomic E-state index is 14.5. The molecule has 4 aliphatic rings. The Kier molecular flexibility index (Phi) is 14.9. The van der Waals surface area contributed by atoms with Gasteiger partial charge in [-0.15, -0.1) is 5.10 Å². The summed E-state index contributed by atoms with van der Waals surface area (Å²) in [6.07, 6.45) is 2.33. The normalized spacial score (nSPS) is 36.9. The maximum absolute atomic E-state index is 14.5. The van der Waals surface area contributed by atoms with Gasteiger partial charge in [0.05, 0.1) is 30.0 Å². The topological polar surface area (TPSA) is 193 Å². The van der Waals surface area contributed by atoms with Gasteiger partial charge in [-0.25, -0.2) is 4.79 Å². The van der Waals surface area contributed by atoms with E-state index in [1.54, 1.807) is 25.6 Å². The first-order valence-electron chi connectivity index (χ1n) is 22.3. The molecule has 6 rings (SSSR count). The minimum Gasteiger partial charge on any atom is -0.458 e. The number of amides is 1. The Labute approximate surface area is 361 Å². The number of Topliss-reactive ketones (excluding diaryl/α,β-unsaturated/α-hetero) is 1. The fourth-order valence-corrected chi connectivity index (χ4v) is 10.1. The molecule has 2 aromatic rings. The second-order valence-corrected chi connectivity index (χ2v) is 18.9. The number of hydrogen-bond donors (Lipinski definition) is 3. The van der Waals surface area contributed by atoms with Crippen molar-refractivity contribution in [2.75, 3.05) is 40.0 Å². The Morgan fingerprint density at radius 3 is 2.46 bits per heavy atom. The highest BCUT2D eigenvalue weighted by Crippen LogP contribution is 2.45. The predicted octanol–water partition coefficient (Wildman–Crippen LogP) is 4.67. The number of aliphatic hydroxyl groups is 1. The molecule has 0 radical (unpaired) electrons. The molecule has 3 saturated heterocycles. The van der Waals surface area contributed by atoms with Gasteiger partial charge in [-0.1, -0.05) is 38.1 Å². The zero-order valence-electron chi connectivity index (χ0n) is 37.9. The van der Waals surface area contributed by atoms with Crippen molar-refractivity contribution in [1.29, 1.82) is 0 Å². The minimum atomic E-state index is -1.21. The highest BCUT2D eigenvalue weighted by molar-refractivity contribution is 6.00. The molecule has 0 spiro atoms. The number of aryl methyl sites for hydroxylation is 1. The summed E-state index contributed by atoms with van der Waals surface area (Å²) < 4.78 is 33.7. The summed E-state index contributed by atoms with van der Waals surface area (Å²) >= 11 is 0. The number of unbranched alkanes of at least 4 members (excludes halogenated alkanes) is 1. The van der Waals surface area contributed by atoms with E-state index in [0.29, 0.717) is 51.0 Å². The summed E-state index contributed by atoms with van der Waals surface area (Å²) in [6, 6.07) is 6.67. The van der Waals surface area contributed by atoms with Gasteiger partial charge in [0.1, 0.15) is 23.8 Å². The number of ketones is 1. The minimum absolute atomic E-state index is 0.00489. The molecule has 1 aromatic carbocycles. The van der Waals surface area contributed by atoms with E-state index >= 15 is 0 Å². The number of benzene rings is 1. The Bertz CT molecular complexity index is 1830. The van der Waals surface area contributed by atoms with Crippen LogP contribution in [-0.4, -0.2) is 142 Å². The maximum Gasteiger partial charge on any atom is 0.410 e. The molecule has 16 nitrogen and oxygen atoms in total. The van der Waals surface area contributed by atoms with Crippen LogP contribution in [0.1, 0.15) is 93.4 Å². The van der Waals surface area contributed by atoms with Gasteiger partial charge < -0.3 is 44.7 Å². The second kappa shape index (κ2) is 19.4. The number of fused-ring (bicyclic) bond motifs is 1. The molecule has 4 N–H and O–H groups in total. The number of methoxy groups -OCH3 is 1. The summed E-state index contributed by atoms with van der Waals surface area (Å²) in [7, 11) is 5.43. The summed E-state index contributed by atoms with van der Waals surface area (Å²) in [5, 5.41) is 24.0. The standard InChI is InChI=1S/C45H71N7O9/c1-11-35-45(7)39(52(43(56)61-45)20-13-12-19-51-25-33(48-49-51)31-15-14-16-32(46)22-31)36(30-17-18-30)47-24-26(2)23-44(6,57-10)40(28(4)37(53)29(5)41(55)59-35)60-42-38(54)34(50(8)9)21-27(3)58-42/h14-16,22,25-30,34-36,38-40,42,47,54H,11-13,17-21,23-24,46H2,1-10H3/t26-,27?,28+,29-,34?,35-,36-,38?,39-,40-,42+,44-,45-/m1/s1. The third kappa shape index (κ3) is 10.3. The zero-order chi connectivity index (χ0) is 44.4. The van der Waals surface area contributed by atoms with Crippen LogP contribution in [0.5, 0.6) is 0 Å². The Morgan fingerprint density at radius 2 is 1.80 bits per heavy atom. The van der Waals surface area contributed by atoms with Gasteiger partial charge >= 0.3 is 12.1 Å². The predicted molar refractivity (Wildman–Crippen MR) is 229 cm³/mol. The average Bonchev–Trinajstić information content (AvgIpc) is 3.89. The third-order valence-electron chi connectivity index (χ3n) is 13.7. The molecular weight excluding hydrogens is 783 g/mol. The first kappa shape index (κ1) is 46.8. The number of rotatable bonds is 12. The molecule has 1 aromatic heterocycles. The van der Waals surface area contributed by atoms with Crippen molar-refractivity contribution in [3.05, 3.63) is 30.5 Å². The van der Waals surface area contributed by atoms with Gasteiger partial charge in [0, 0.05) is 49.5 Å². The van der Waals surface area contributed by atoms with Gasteiger partial charge in [0.25, 0.3) is 0 Å². The number of anilines is 1. The molecule has 4 heterocycles. The summed E-state index contributed by atoms with van der Waals surface area (Å²) in [5.41, 5.74) is 6.02. The molecule has 1 saturated carbocycles. The molecule has 4 fully saturated rings. The van der Waals surface area contributed by atoms with Crippen LogP contribution < -0.4 is 11.1 Å². The van der Waals surface area contributed by atoms with Crippen LogP contribution in [0.25, 0.3) is 11.3 Å². The van der Waals surface area contributed by atoms with E-state index in [4.69, 9.17) is 29.4 Å². The first-order chi connectivity index (χ1) is 28.9. The molecule has 61 heavy (non-hydrogen) atoms. The van der Waals surface area contributed by atoms with Crippen molar-refractivity contribution in [1.82, 2.24) is 30.1 Å². The Balaban J connectivity index is 1.26. The number of esters is 1. The Hall–Kier alpha value is -3.67. The highest BCUT2D eigenvalue weighted by Gasteiger charge is 2.61. The van der Waals surface area contributed by atoms with Crippen LogP contribution in [0.3, 0.4) is 0 Å². The molecule has 1 aliphatic carbocycles. The van der Waals surface area contributed by atoms with Gasteiger partial charge in [-0.3, -0.25) is 19.2 Å². The van der Waals surface area contributed by atoms with Crippen molar-refractivity contribution in [3.8, 4) is 11.3 Å². The molecule has 16 heteroatoms. The van der Waals surface area contributed by atoms with E-state index < -0.39 is 65.7 Å². The molecule has 1 amide bonds. The lowest BCUT2D eigenvalue weighted by atomic mass is 9.78. The molecular formula is C45H71N7O9. The number of carbonyl (C=O) groups excluding carboxylic acids is 3. The monoisotopic (exact) mass is 854 g/mol. The Morgan fingerprint density at radius 1 is 1.08 bits per heavy atom. The fourth-order valence-electron chi connectivity index (χ4n) is 10.1. The number of likely N-dealkylation sites (N-methyl/N-ethyl adjacent to an activating group) is 1. The lowest BCUT2D eigenvalue weighted by Crippen LogP contribution is -2.62. The van der Waals surface area contributed by atoms with E-state index in [1.165, 1.54) is 0 Å². The van der Waals surface area contributed by atoms with E-state index in [-0.39, 0.29) is 35.8 Å². The van der Waals surface area contributed by atoms with Crippen molar-refractivity contribution in [2.24, 2.45) is 23.7 Å². The number of cyclic esters (lactones) is 1. The smallest absolute Gasteiger partial charge is 0.410 e. The van der Waals surface area contributed by atoms with Gasteiger partial charge in [-0.05, 0) is 117 Å². The second-order valence-electron chi connectivity index (χ2n) is 18.9. The summed E-state index contributed by atoms with van der Waals surface area (Å²) in [4.78, 5) is 46.5. The largest absolute Gasteiger partial charge is 0.458 e. The van der Waals surface area contributed by atoms with Crippen LogP contribution >= 0.6 is 0 Å². The van der Waals surface area contributed by atoms with E-state index in [1.807, 2.05) is 82.1 Å². The molecule has 3 unspecified atom stereocenters. The van der Waals surface area contributed by atoms with E-state index in [0.717, 1.165) is 30.5 Å². The van der Waals surface area contributed by atoms with Crippen molar-refractivity contribution >= 4 is 23.5 Å². The number of hydrogen-bond acceptors (Lipinski definition) is 14. The number of nitrogens with two attached hydrogens (primary N) is 1. The van der Waals surface area contributed by atoms with Crippen molar-refractivity contribution in [2.45, 2.75) is 160 Å². The highest BCUT2D eigenvalue weighted by atomic mass is 16.7. The molecule has 0 bridgehead atoms. The SMILES string of the molecule is CC[C@H]1OC(=O)[C@H](C)C(=O)[C@H](C)[C@@H](O[C@@H]2OC(C)CC(N(C)C)C2O)[C@](C)(OC)C[C@@H](C)CN[C@H](C2CC2)[C@H]2N(CCCCn3cc(-c4cccc(N)c4)nn3)C(=O)O[C@]12C. The van der Waals surface area contributed by atoms with E-state index in [2.05, 4.69) is 22.6 Å². The third-order valence-corrected chi connectivity index (χ3v) is 13.7. The molecule has 3 aliphatic heterocycles. The van der Waals surface area contributed by atoms with Crippen LogP contribution in [0.2, 0.25) is 0 Å². The number of nitrogens with zero attached hydrogens (tertiary/aromatic N) is 5. The summed E-state index contributed by atoms with van der Waals surface area (Å²) in [5.74, 6) is -2.83. The van der Waals surface area contributed by atoms with E-state index in [9.17, 15) is 19.5 Å². The van der Waals surface area contributed by atoms with Gasteiger partial charge in [-0.2, -0.15) is 0 Å². The van der Waals surface area contributed by atoms with Crippen LogP contribution in [0, 0.1) is 23.7 Å². The van der Waals surface area contributed by atoms with Crippen LogP contribution in [-0.2, 0) is 39.8 Å². The number of nitrogens with one attached hydrogen (secondary N) is 1. The number of aromatic nitrogens is 3. The summed E-state index contributed by atoms with van der Waals surface area (Å²) in [6.45, 7) is 14.7. The van der Waals surface area contributed by atoms with Crippen molar-refractivity contribution < 1.29 is 43.2 Å². The lowest BCUT2D eigenvalue weighted by Gasteiger charge is -2.46. The first-order valence-corrected chi connectivity index (χ1v) is 22.3. The van der Waals surface area contributed by atoms with Gasteiger partial charge in [0.15, 0.2) is 17.7 Å². The van der Waals surface area contributed by atoms with Crippen molar-refractivity contribution in [3.63, 3.8) is 0 Å². The van der Waals surface area contributed by atoms with Gasteiger partial charge in [0.2, 0.25) is 0 Å². The average molecular weight is 854 g/mol.